The standard InChI is InChI=1S/C11H15NO3/c13-11(14,15)12-8-4-7-10(12)9-5-2-1-3-6-9/h1-3,5-6,10,13-15H,4,7-8H2/t10-/m0/s1. The summed E-state index contributed by atoms with van der Waals surface area (Å²) in [5, 5.41) is 27.6. The molecule has 1 aliphatic rings. The highest BCUT2D eigenvalue weighted by molar-refractivity contribution is 5.20. The van der Waals surface area contributed by atoms with Gasteiger partial charge in [-0.1, -0.05) is 30.3 Å². The van der Waals surface area contributed by atoms with E-state index in [1.54, 1.807) is 0 Å². The lowest BCUT2D eigenvalue weighted by Crippen LogP contribution is -2.48. The Balaban J connectivity index is 2.23. The summed E-state index contributed by atoms with van der Waals surface area (Å²) >= 11 is 0. The predicted octanol–water partition coefficient (Wildman–Crippen LogP) is 0.412. The van der Waals surface area contributed by atoms with Gasteiger partial charge in [-0.3, -0.25) is 0 Å². The van der Waals surface area contributed by atoms with E-state index in [9.17, 15) is 15.3 Å². The van der Waals surface area contributed by atoms with Crippen LogP contribution in [0.1, 0.15) is 24.4 Å². The molecule has 0 unspecified atom stereocenters. The number of likely N-dealkylation sites (tertiary alicyclic amines) is 1. The van der Waals surface area contributed by atoms with E-state index in [0.29, 0.717) is 6.54 Å². The molecule has 0 bridgehead atoms. The zero-order valence-corrected chi connectivity index (χ0v) is 8.37. The van der Waals surface area contributed by atoms with Gasteiger partial charge in [-0.25, -0.2) is 4.90 Å². The molecular formula is C11H15NO3. The molecule has 0 spiro atoms. The van der Waals surface area contributed by atoms with E-state index in [1.807, 2.05) is 30.3 Å². The Morgan fingerprint density at radius 1 is 1.13 bits per heavy atom. The molecule has 4 heteroatoms. The van der Waals surface area contributed by atoms with Gasteiger partial charge < -0.3 is 15.3 Å². The summed E-state index contributed by atoms with van der Waals surface area (Å²) in [5.74, 6) is 0. The zero-order chi connectivity index (χ0) is 10.9. The van der Waals surface area contributed by atoms with Crippen molar-refractivity contribution in [2.45, 2.75) is 25.0 Å². The smallest absolute Gasteiger partial charge is 0.330 e. The molecule has 1 aromatic rings. The van der Waals surface area contributed by atoms with Gasteiger partial charge in [0.2, 0.25) is 0 Å². The average Bonchev–Trinajstić information content (AvgIpc) is 2.67. The van der Waals surface area contributed by atoms with Crippen LogP contribution in [-0.4, -0.2) is 32.9 Å². The third-order valence-electron chi connectivity index (χ3n) is 2.82. The van der Waals surface area contributed by atoms with E-state index in [1.165, 1.54) is 4.90 Å². The van der Waals surface area contributed by atoms with Crippen molar-refractivity contribution in [2.24, 2.45) is 0 Å². The molecule has 0 amide bonds. The number of nitrogens with zero attached hydrogens (tertiary/aromatic N) is 1. The minimum absolute atomic E-state index is 0.119. The normalized spacial score (nSPS) is 23.3. The van der Waals surface area contributed by atoms with Crippen molar-refractivity contribution < 1.29 is 15.3 Å². The Morgan fingerprint density at radius 2 is 1.80 bits per heavy atom. The summed E-state index contributed by atoms with van der Waals surface area (Å²) in [7, 11) is 0. The van der Waals surface area contributed by atoms with Crippen LogP contribution in [-0.2, 0) is 0 Å². The van der Waals surface area contributed by atoms with Gasteiger partial charge >= 0.3 is 6.10 Å². The Bertz CT molecular complexity index is 320. The van der Waals surface area contributed by atoms with Crippen molar-refractivity contribution in [2.75, 3.05) is 6.54 Å². The van der Waals surface area contributed by atoms with Crippen LogP contribution in [0.2, 0.25) is 0 Å². The van der Waals surface area contributed by atoms with Crippen LogP contribution in [0.5, 0.6) is 0 Å². The Morgan fingerprint density at radius 3 is 2.40 bits per heavy atom. The van der Waals surface area contributed by atoms with Gasteiger partial charge in [-0.2, -0.15) is 0 Å². The van der Waals surface area contributed by atoms with Crippen LogP contribution in [0.25, 0.3) is 0 Å². The average molecular weight is 209 g/mol. The molecule has 1 heterocycles. The number of hydrogen-bond acceptors (Lipinski definition) is 4. The fourth-order valence-corrected chi connectivity index (χ4v) is 2.15. The van der Waals surface area contributed by atoms with Crippen LogP contribution in [0.4, 0.5) is 0 Å². The van der Waals surface area contributed by atoms with Gasteiger partial charge in [0.05, 0.1) is 0 Å². The molecule has 3 N–H and O–H groups in total. The van der Waals surface area contributed by atoms with E-state index >= 15 is 0 Å². The molecule has 1 aliphatic heterocycles. The molecular weight excluding hydrogens is 194 g/mol. The molecule has 0 aliphatic carbocycles. The first-order chi connectivity index (χ1) is 7.09. The van der Waals surface area contributed by atoms with Crippen LogP contribution >= 0.6 is 0 Å². The topological polar surface area (TPSA) is 63.9 Å². The summed E-state index contributed by atoms with van der Waals surface area (Å²) in [6.45, 7) is 0.489. The Kier molecular flexibility index (Phi) is 2.75. The maximum atomic E-state index is 9.19. The highest BCUT2D eigenvalue weighted by Gasteiger charge is 2.39. The van der Waals surface area contributed by atoms with Gasteiger partial charge in [0.15, 0.2) is 0 Å². The lowest BCUT2D eigenvalue weighted by atomic mass is 10.1. The Labute approximate surface area is 88.4 Å². The third-order valence-corrected chi connectivity index (χ3v) is 2.82. The molecule has 1 fully saturated rings. The molecule has 0 radical (unpaired) electrons. The minimum atomic E-state index is -2.71. The van der Waals surface area contributed by atoms with Gasteiger partial charge in [-0.15, -0.1) is 0 Å². The molecule has 2 rings (SSSR count). The van der Waals surface area contributed by atoms with Crippen molar-refractivity contribution in [1.29, 1.82) is 0 Å². The van der Waals surface area contributed by atoms with Crippen molar-refractivity contribution >= 4 is 0 Å². The maximum Gasteiger partial charge on any atom is 0.346 e. The predicted molar refractivity (Wildman–Crippen MR) is 54.5 cm³/mol. The van der Waals surface area contributed by atoms with Crippen molar-refractivity contribution in [3.63, 3.8) is 0 Å². The lowest BCUT2D eigenvalue weighted by Gasteiger charge is -2.31. The van der Waals surface area contributed by atoms with Gasteiger partial charge in [-0.05, 0) is 18.4 Å². The largest absolute Gasteiger partial charge is 0.346 e. The van der Waals surface area contributed by atoms with E-state index in [-0.39, 0.29) is 6.04 Å². The van der Waals surface area contributed by atoms with E-state index < -0.39 is 6.10 Å². The number of aliphatic hydroxyl groups is 3. The van der Waals surface area contributed by atoms with Crippen LogP contribution in [0, 0.1) is 0 Å². The van der Waals surface area contributed by atoms with Crippen LogP contribution < -0.4 is 0 Å². The fourth-order valence-electron chi connectivity index (χ4n) is 2.15. The summed E-state index contributed by atoms with van der Waals surface area (Å²) in [5.41, 5.74) is 0.997. The van der Waals surface area contributed by atoms with Crippen molar-refractivity contribution in [3.05, 3.63) is 35.9 Å². The quantitative estimate of drug-likeness (QED) is 0.617. The molecule has 0 saturated carbocycles. The molecule has 1 atom stereocenters. The highest BCUT2D eigenvalue weighted by atomic mass is 16.7. The monoisotopic (exact) mass is 209 g/mol. The molecule has 15 heavy (non-hydrogen) atoms. The maximum absolute atomic E-state index is 9.19. The van der Waals surface area contributed by atoms with Gasteiger partial charge in [0.25, 0.3) is 0 Å². The van der Waals surface area contributed by atoms with Crippen molar-refractivity contribution in [1.82, 2.24) is 4.90 Å². The van der Waals surface area contributed by atoms with E-state index in [0.717, 1.165) is 18.4 Å². The highest BCUT2D eigenvalue weighted by Crippen LogP contribution is 2.34. The molecule has 0 aromatic heterocycles. The summed E-state index contributed by atoms with van der Waals surface area (Å²) < 4.78 is 0. The van der Waals surface area contributed by atoms with E-state index in [2.05, 4.69) is 0 Å². The second kappa shape index (κ2) is 3.90. The third kappa shape index (κ3) is 2.18. The van der Waals surface area contributed by atoms with Crippen LogP contribution in [0.3, 0.4) is 0 Å². The molecule has 1 saturated heterocycles. The second-order valence-corrected chi connectivity index (χ2v) is 3.86. The molecule has 4 nitrogen and oxygen atoms in total. The molecule has 82 valence electrons. The summed E-state index contributed by atoms with van der Waals surface area (Å²) in [6, 6.07) is 9.45. The minimum Gasteiger partial charge on any atom is -0.330 e. The Hall–Kier alpha value is -0.940. The first kappa shape index (κ1) is 10.6. The van der Waals surface area contributed by atoms with Gasteiger partial charge in [0, 0.05) is 12.6 Å². The number of hydrogen-bond donors (Lipinski definition) is 3. The van der Waals surface area contributed by atoms with E-state index in [4.69, 9.17) is 0 Å². The SMILES string of the molecule is OC(O)(O)N1CCC[C@H]1c1ccccc1. The van der Waals surface area contributed by atoms with Crippen molar-refractivity contribution in [3.8, 4) is 0 Å². The first-order valence-corrected chi connectivity index (χ1v) is 5.08. The second-order valence-electron chi connectivity index (χ2n) is 3.86. The first-order valence-electron chi connectivity index (χ1n) is 5.08. The number of rotatable bonds is 2. The zero-order valence-electron chi connectivity index (χ0n) is 8.37. The summed E-state index contributed by atoms with van der Waals surface area (Å²) in [6.07, 6.45) is -1.03. The van der Waals surface area contributed by atoms with Gasteiger partial charge in [0.1, 0.15) is 0 Å². The number of benzene rings is 1. The summed E-state index contributed by atoms with van der Waals surface area (Å²) in [4.78, 5) is 1.29. The lowest BCUT2D eigenvalue weighted by molar-refractivity contribution is -0.397. The fraction of sp³-hybridized carbons (Fsp3) is 0.455. The van der Waals surface area contributed by atoms with Crippen LogP contribution in [0.15, 0.2) is 30.3 Å². The molecule has 1 aromatic carbocycles.